The highest BCUT2D eigenvalue weighted by Crippen LogP contribution is 2.25. The van der Waals surface area contributed by atoms with Crippen molar-refractivity contribution in [2.45, 2.75) is 25.8 Å². The molecule has 0 aliphatic carbocycles. The van der Waals surface area contributed by atoms with Gasteiger partial charge < -0.3 is 9.64 Å². The monoisotopic (exact) mass is 283 g/mol. The highest BCUT2D eigenvalue weighted by atomic mass is 16.5. The second-order valence-corrected chi connectivity index (χ2v) is 5.70. The lowest BCUT2D eigenvalue weighted by Gasteiger charge is -2.19. The highest BCUT2D eigenvalue weighted by molar-refractivity contribution is 5.40. The van der Waals surface area contributed by atoms with E-state index in [1.54, 1.807) is 6.33 Å². The zero-order chi connectivity index (χ0) is 14.7. The maximum atomic E-state index is 5.44. The molecule has 3 rings (SSSR count). The average Bonchev–Trinajstić information content (AvgIpc) is 3.04. The van der Waals surface area contributed by atoms with Gasteiger partial charge >= 0.3 is 0 Å². The Morgan fingerprint density at radius 1 is 1.24 bits per heavy atom. The number of anilines is 1. The normalized spacial score (nSPS) is 17.9. The standard InChI is InChI=1S/C17H21N3O/c1-13-3-5-14(6-4-13)10-20(2)17-9-16(18-12-19-17)15-7-8-21-11-15/h3-6,9,12,15H,7-8,10-11H2,1-2H3/t15-/m1/s1. The SMILES string of the molecule is Cc1ccc(CN(C)c2cc([C@@H]3CCOC3)ncn2)cc1. The Balaban J connectivity index is 1.73. The van der Waals surface area contributed by atoms with E-state index in [-0.39, 0.29) is 0 Å². The largest absolute Gasteiger partial charge is 0.381 e. The summed E-state index contributed by atoms with van der Waals surface area (Å²) >= 11 is 0. The van der Waals surface area contributed by atoms with Crippen molar-refractivity contribution < 1.29 is 4.74 Å². The first-order valence-corrected chi connectivity index (χ1v) is 7.39. The zero-order valence-corrected chi connectivity index (χ0v) is 12.6. The minimum Gasteiger partial charge on any atom is -0.381 e. The van der Waals surface area contributed by atoms with E-state index < -0.39 is 0 Å². The van der Waals surface area contributed by atoms with Crippen molar-refractivity contribution in [2.24, 2.45) is 0 Å². The van der Waals surface area contributed by atoms with Gasteiger partial charge in [-0.3, -0.25) is 0 Å². The van der Waals surface area contributed by atoms with E-state index >= 15 is 0 Å². The zero-order valence-electron chi connectivity index (χ0n) is 12.6. The Morgan fingerprint density at radius 2 is 2.05 bits per heavy atom. The van der Waals surface area contributed by atoms with E-state index in [1.165, 1.54) is 11.1 Å². The molecule has 4 nitrogen and oxygen atoms in total. The van der Waals surface area contributed by atoms with Crippen LogP contribution in [-0.2, 0) is 11.3 Å². The van der Waals surface area contributed by atoms with Crippen molar-refractivity contribution in [2.75, 3.05) is 25.2 Å². The van der Waals surface area contributed by atoms with Gasteiger partial charge in [0.25, 0.3) is 0 Å². The molecule has 2 aromatic rings. The van der Waals surface area contributed by atoms with Crippen LogP contribution in [0.1, 0.15) is 29.2 Å². The number of hydrogen-bond acceptors (Lipinski definition) is 4. The molecule has 1 atom stereocenters. The van der Waals surface area contributed by atoms with Gasteiger partial charge in [-0.05, 0) is 18.9 Å². The lowest BCUT2D eigenvalue weighted by atomic mass is 10.0. The molecule has 4 heteroatoms. The predicted octanol–water partition coefficient (Wildman–Crippen LogP) is 2.93. The molecule has 1 saturated heterocycles. The second kappa shape index (κ2) is 6.22. The average molecular weight is 283 g/mol. The van der Waals surface area contributed by atoms with Gasteiger partial charge in [0.15, 0.2) is 0 Å². The molecule has 0 amide bonds. The van der Waals surface area contributed by atoms with Gasteiger partial charge in [0, 0.05) is 32.2 Å². The number of aryl methyl sites for hydroxylation is 1. The van der Waals surface area contributed by atoms with Crippen molar-refractivity contribution in [3.63, 3.8) is 0 Å². The van der Waals surface area contributed by atoms with Crippen LogP contribution in [0.15, 0.2) is 36.7 Å². The fourth-order valence-electron chi connectivity index (χ4n) is 2.61. The van der Waals surface area contributed by atoms with E-state index in [4.69, 9.17) is 4.74 Å². The maximum absolute atomic E-state index is 5.44. The van der Waals surface area contributed by atoms with E-state index in [0.29, 0.717) is 5.92 Å². The van der Waals surface area contributed by atoms with E-state index in [1.807, 2.05) is 0 Å². The van der Waals surface area contributed by atoms with Crippen LogP contribution in [0.5, 0.6) is 0 Å². The molecule has 1 aliphatic heterocycles. The summed E-state index contributed by atoms with van der Waals surface area (Å²) in [4.78, 5) is 11.0. The molecule has 0 unspecified atom stereocenters. The van der Waals surface area contributed by atoms with Crippen molar-refractivity contribution in [1.82, 2.24) is 9.97 Å². The number of ether oxygens (including phenoxy) is 1. The number of nitrogens with zero attached hydrogens (tertiary/aromatic N) is 3. The van der Waals surface area contributed by atoms with Gasteiger partial charge in [0.05, 0.1) is 12.3 Å². The first-order valence-electron chi connectivity index (χ1n) is 7.39. The molecule has 0 radical (unpaired) electrons. The first kappa shape index (κ1) is 14.0. The van der Waals surface area contributed by atoms with E-state index in [9.17, 15) is 0 Å². The molecule has 2 heterocycles. The van der Waals surface area contributed by atoms with Crippen LogP contribution in [0, 0.1) is 6.92 Å². The number of benzene rings is 1. The molecule has 110 valence electrons. The van der Waals surface area contributed by atoms with Crippen molar-refractivity contribution >= 4 is 5.82 Å². The molecule has 0 N–H and O–H groups in total. The summed E-state index contributed by atoms with van der Waals surface area (Å²) in [6.45, 7) is 4.56. The third-order valence-corrected chi connectivity index (χ3v) is 3.95. The summed E-state index contributed by atoms with van der Waals surface area (Å²) in [6, 6.07) is 10.7. The van der Waals surface area contributed by atoms with Crippen LogP contribution in [0.3, 0.4) is 0 Å². The highest BCUT2D eigenvalue weighted by Gasteiger charge is 2.20. The summed E-state index contributed by atoms with van der Waals surface area (Å²) in [5, 5.41) is 0. The van der Waals surface area contributed by atoms with Crippen molar-refractivity contribution in [3.8, 4) is 0 Å². The minimum atomic E-state index is 0.416. The van der Waals surface area contributed by atoms with Gasteiger partial charge in [-0.15, -0.1) is 0 Å². The smallest absolute Gasteiger partial charge is 0.132 e. The van der Waals surface area contributed by atoms with Crippen LogP contribution in [0.4, 0.5) is 5.82 Å². The Kier molecular flexibility index (Phi) is 4.15. The Morgan fingerprint density at radius 3 is 2.76 bits per heavy atom. The Labute approximate surface area is 125 Å². The van der Waals surface area contributed by atoms with Gasteiger partial charge in [0.2, 0.25) is 0 Å². The quantitative estimate of drug-likeness (QED) is 0.864. The summed E-state index contributed by atoms with van der Waals surface area (Å²) in [6.07, 6.45) is 2.72. The topological polar surface area (TPSA) is 38.2 Å². The van der Waals surface area contributed by atoms with Crippen molar-refractivity contribution in [1.29, 1.82) is 0 Å². The van der Waals surface area contributed by atoms with E-state index in [2.05, 4.69) is 59.2 Å². The number of aromatic nitrogens is 2. The first-order chi connectivity index (χ1) is 10.2. The molecule has 21 heavy (non-hydrogen) atoms. The molecule has 1 aliphatic rings. The second-order valence-electron chi connectivity index (χ2n) is 5.70. The molecular formula is C17H21N3O. The van der Waals surface area contributed by atoms with Crippen LogP contribution in [-0.4, -0.2) is 30.2 Å². The molecule has 1 aromatic heterocycles. The minimum absolute atomic E-state index is 0.416. The van der Waals surface area contributed by atoms with Crippen LogP contribution < -0.4 is 4.90 Å². The Hall–Kier alpha value is -1.94. The van der Waals surface area contributed by atoms with Crippen molar-refractivity contribution in [3.05, 3.63) is 53.5 Å². The number of hydrogen-bond donors (Lipinski definition) is 0. The lowest BCUT2D eigenvalue weighted by Crippen LogP contribution is -2.18. The molecule has 0 bridgehead atoms. The van der Waals surface area contributed by atoms with Gasteiger partial charge in [-0.25, -0.2) is 9.97 Å². The third-order valence-electron chi connectivity index (χ3n) is 3.95. The van der Waals surface area contributed by atoms with Gasteiger partial charge in [-0.2, -0.15) is 0 Å². The van der Waals surface area contributed by atoms with E-state index in [0.717, 1.165) is 37.7 Å². The fourth-order valence-corrected chi connectivity index (χ4v) is 2.61. The summed E-state index contributed by atoms with van der Waals surface area (Å²) < 4.78 is 5.44. The fraction of sp³-hybridized carbons (Fsp3) is 0.412. The molecule has 0 saturated carbocycles. The summed E-state index contributed by atoms with van der Waals surface area (Å²) in [5.74, 6) is 1.38. The number of rotatable bonds is 4. The third kappa shape index (κ3) is 3.39. The Bertz CT molecular complexity index is 591. The molecule has 1 fully saturated rings. The van der Waals surface area contributed by atoms with Crippen LogP contribution in [0.2, 0.25) is 0 Å². The van der Waals surface area contributed by atoms with Crippen LogP contribution >= 0.6 is 0 Å². The van der Waals surface area contributed by atoms with Crippen LogP contribution in [0.25, 0.3) is 0 Å². The van der Waals surface area contributed by atoms with Gasteiger partial charge in [-0.1, -0.05) is 29.8 Å². The molecule has 0 spiro atoms. The lowest BCUT2D eigenvalue weighted by molar-refractivity contribution is 0.193. The summed E-state index contributed by atoms with van der Waals surface area (Å²) in [7, 11) is 2.07. The maximum Gasteiger partial charge on any atom is 0.132 e. The summed E-state index contributed by atoms with van der Waals surface area (Å²) in [5.41, 5.74) is 3.66. The molecular weight excluding hydrogens is 262 g/mol. The van der Waals surface area contributed by atoms with Gasteiger partial charge in [0.1, 0.15) is 12.1 Å². The predicted molar refractivity (Wildman–Crippen MR) is 83.5 cm³/mol. The molecule has 1 aromatic carbocycles.